The van der Waals surface area contributed by atoms with E-state index in [0.717, 1.165) is 25.2 Å². The maximum Gasteiger partial charge on any atom is 0.477 e. The summed E-state index contributed by atoms with van der Waals surface area (Å²) in [7, 11) is 2.05. The van der Waals surface area contributed by atoms with Crippen LogP contribution in [0.2, 0.25) is 0 Å². The molecule has 1 aliphatic rings. The zero-order chi connectivity index (χ0) is 15.9. The minimum Gasteiger partial charge on any atom is -0.359 e. The molecule has 0 amide bonds. The molecule has 1 aromatic heterocycles. The van der Waals surface area contributed by atoms with Gasteiger partial charge in [-0.25, -0.2) is 9.37 Å². The van der Waals surface area contributed by atoms with Crippen LogP contribution in [-0.4, -0.2) is 33.2 Å². The Balaban J connectivity index is 2.14. The average molecular weight is 315 g/mol. The molecule has 0 spiro atoms. The molecule has 1 aliphatic heterocycles. The van der Waals surface area contributed by atoms with Gasteiger partial charge >= 0.3 is 6.18 Å². The summed E-state index contributed by atoms with van der Waals surface area (Å²) in [5.74, 6) is -0.457. The average Bonchev–Trinajstić information content (AvgIpc) is 2.46. The summed E-state index contributed by atoms with van der Waals surface area (Å²) in [6.07, 6.45) is -4.46. The molecular weight excluding hydrogens is 298 g/mol. The fourth-order valence-corrected chi connectivity index (χ4v) is 2.78. The molecule has 118 valence electrons. The summed E-state index contributed by atoms with van der Waals surface area (Å²) in [4.78, 5) is 5.60. The SMILES string of the molecule is C[NH+]1CCN(c2cc(C(F)(F)F)[nH+]c3ccc(F)cc23)CC1. The number of anilines is 1. The number of rotatable bonds is 1. The van der Waals surface area contributed by atoms with E-state index in [0.29, 0.717) is 24.2 Å². The lowest BCUT2D eigenvalue weighted by Gasteiger charge is -2.32. The highest BCUT2D eigenvalue weighted by atomic mass is 19.4. The van der Waals surface area contributed by atoms with Crippen LogP contribution in [0.15, 0.2) is 24.3 Å². The molecule has 22 heavy (non-hydrogen) atoms. The molecule has 7 heteroatoms. The third kappa shape index (κ3) is 2.85. The predicted octanol–water partition coefficient (Wildman–Crippen LogP) is 1.15. The summed E-state index contributed by atoms with van der Waals surface area (Å²) < 4.78 is 52.8. The van der Waals surface area contributed by atoms with Gasteiger partial charge in [0.15, 0.2) is 0 Å². The van der Waals surface area contributed by atoms with Gasteiger partial charge in [-0.05, 0) is 12.1 Å². The Morgan fingerprint density at radius 3 is 2.45 bits per heavy atom. The molecule has 3 nitrogen and oxygen atoms in total. The summed E-state index contributed by atoms with van der Waals surface area (Å²) in [6.45, 7) is 2.99. The first-order chi connectivity index (χ1) is 10.3. The van der Waals surface area contributed by atoms with Crippen LogP contribution in [0.3, 0.4) is 0 Å². The Morgan fingerprint density at radius 2 is 1.82 bits per heavy atom. The number of hydrogen-bond donors (Lipinski definition) is 1. The smallest absolute Gasteiger partial charge is 0.359 e. The second-order valence-corrected chi connectivity index (χ2v) is 5.70. The molecule has 2 N–H and O–H groups in total. The lowest BCUT2D eigenvalue weighted by Crippen LogP contribution is -3.12. The fraction of sp³-hybridized carbons (Fsp3) is 0.400. The van der Waals surface area contributed by atoms with Crippen molar-refractivity contribution in [3.8, 4) is 0 Å². The van der Waals surface area contributed by atoms with Gasteiger partial charge in [0, 0.05) is 12.1 Å². The molecule has 1 aromatic carbocycles. The Bertz CT molecular complexity index is 691. The van der Waals surface area contributed by atoms with Crippen LogP contribution in [-0.2, 0) is 6.18 Å². The van der Waals surface area contributed by atoms with Gasteiger partial charge in [-0.15, -0.1) is 0 Å². The molecule has 0 atom stereocenters. The number of aromatic nitrogens is 1. The number of aromatic amines is 1. The summed E-state index contributed by atoms with van der Waals surface area (Å²) >= 11 is 0. The number of benzene rings is 1. The zero-order valence-electron chi connectivity index (χ0n) is 12.1. The number of pyridine rings is 1. The molecular formula is C15H17F4N3+2. The first kappa shape index (κ1) is 15.0. The van der Waals surface area contributed by atoms with Crippen molar-refractivity contribution >= 4 is 16.6 Å². The van der Waals surface area contributed by atoms with E-state index in [2.05, 4.69) is 12.0 Å². The van der Waals surface area contributed by atoms with Crippen molar-refractivity contribution in [1.29, 1.82) is 0 Å². The van der Waals surface area contributed by atoms with Crippen molar-refractivity contribution < 1.29 is 27.4 Å². The van der Waals surface area contributed by atoms with E-state index >= 15 is 0 Å². The van der Waals surface area contributed by atoms with E-state index in [9.17, 15) is 17.6 Å². The van der Waals surface area contributed by atoms with Gasteiger partial charge < -0.3 is 9.80 Å². The maximum absolute atomic E-state index is 13.5. The van der Waals surface area contributed by atoms with Crippen molar-refractivity contribution in [2.24, 2.45) is 0 Å². The van der Waals surface area contributed by atoms with Crippen molar-refractivity contribution in [2.45, 2.75) is 6.18 Å². The standard InChI is InChI=1S/C15H15F4N3/c1-21-4-6-22(7-5-21)13-9-14(15(17,18)19)20-12-3-2-10(16)8-11(12)13/h2-3,8-9H,4-7H2,1H3/p+2. The van der Waals surface area contributed by atoms with Gasteiger partial charge in [0.2, 0.25) is 5.52 Å². The van der Waals surface area contributed by atoms with Crippen LogP contribution in [0.4, 0.5) is 23.2 Å². The topological polar surface area (TPSA) is 21.8 Å². The lowest BCUT2D eigenvalue weighted by molar-refractivity contribution is -0.880. The monoisotopic (exact) mass is 315 g/mol. The molecule has 0 bridgehead atoms. The van der Waals surface area contributed by atoms with E-state index in [1.54, 1.807) is 0 Å². The number of halogens is 4. The number of hydrogen-bond acceptors (Lipinski definition) is 1. The van der Waals surface area contributed by atoms with E-state index in [1.807, 2.05) is 4.90 Å². The second-order valence-electron chi connectivity index (χ2n) is 5.70. The number of H-pyrrole nitrogens is 1. The Labute approximate surface area is 125 Å². The highest BCUT2D eigenvalue weighted by molar-refractivity contribution is 5.89. The number of nitrogens with one attached hydrogen (secondary N) is 2. The number of quaternary nitrogens is 1. The van der Waals surface area contributed by atoms with Crippen LogP contribution in [0.25, 0.3) is 10.9 Å². The fourth-order valence-electron chi connectivity index (χ4n) is 2.78. The first-order valence-electron chi connectivity index (χ1n) is 7.13. The minimum atomic E-state index is -4.46. The molecule has 0 unspecified atom stereocenters. The van der Waals surface area contributed by atoms with Gasteiger partial charge in [0.25, 0.3) is 5.69 Å². The molecule has 1 fully saturated rings. The van der Waals surface area contributed by atoms with Crippen molar-refractivity contribution in [3.05, 3.63) is 35.8 Å². The highest BCUT2D eigenvalue weighted by Crippen LogP contribution is 2.32. The van der Waals surface area contributed by atoms with E-state index in [-0.39, 0.29) is 5.52 Å². The van der Waals surface area contributed by atoms with Gasteiger partial charge in [0.1, 0.15) is 5.82 Å². The lowest BCUT2D eigenvalue weighted by atomic mass is 10.1. The van der Waals surface area contributed by atoms with Crippen molar-refractivity contribution in [2.75, 3.05) is 38.1 Å². The van der Waals surface area contributed by atoms with Gasteiger partial charge in [-0.1, -0.05) is 0 Å². The normalized spacial score (nSPS) is 17.2. The van der Waals surface area contributed by atoms with Crippen LogP contribution >= 0.6 is 0 Å². The number of fused-ring (bicyclic) bond motifs is 1. The third-order valence-corrected chi connectivity index (χ3v) is 4.07. The van der Waals surface area contributed by atoms with Crippen molar-refractivity contribution in [3.63, 3.8) is 0 Å². The van der Waals surface area contributed by atoms with Gasteiger partial charge in [0.05, 0.1) is 44.3 Å². The molecule has 0 aliphatic carbocycles. The number of nitrogens with zero attached hydrogens (tertiary/aromatic N) is 1. The molecule has 2 aromatic rings. The maximum atomic E-state index is 13.5. The molecule has 1 saturated heterocycles. The van der Waals surface area contributed by atoms with E-state index in [1.165, 1.54) is 17.0 Å². The zero-order valence-corrected chi connectivity index (χ0v) is 12.1. The molecule has 3 rings (SSSR count). The van der Waals surface area contributed by atoms with E-state index < -0.39 is 17.7 Å². The number of alkyl halides is 3. The highest BCUT2D eigenvalue weighted by Gasteiger charge is 2.39. The number of likely N-dealkylation sites (N-methyl/N-ethyl adjacent to an activating group) is 1. The largest absolute Gasteiger partial charge is 0.477 e. The Kier molecular flexibility index (Phi) is 3.68. The van der Waals surface area contributed by atoms with Crippen LogP contribution in [0, 0.1) is 5.82 Å². The summed E-state index contributed by atoms with van der Waals surface area (Å²) in [5.41, 5.74) is -0.0848. The number of piperazine rings is 1. The molecule has 2 heterocycles. The van der Waals surface area contributed by atoms with Gasteiger partial charge in [-0.3, -0.25) is 0 Å². The predicted molar refractivity (Wildman–Crippen MR) is 74.3 cm³/mol. The quantitative estimate of drug-likeness (QED) is 0.784. The summed E-state index contributed by atoms with van der Waals surface area (Å²) in [5, 5.41) is 0.479. The molecule has 0 radical (unpaired) electrons. The summed E-state index contributed by atoms with van der Waals surface area (Å²) in [6, 6.07) is 4.89. The van der Waals surface area contributed by atoms with Crippen LogP contribution in [0.5, 0.6) is 0 Å². The third-order valence-electron chi connectivity index (χ3n) is 4.07. The Hall–Kier alpha value is -1.89. The van der Waals surface area contributed by atoms with Crippen molar-refractivity contribution in [1.82, 2.24) is 0 Å². The second kappa shape index (κ2) is 5.39. The van der Waals surface area contributed by atoms with Gasteiger partial charge in [-0.2, -0.15) is 13.2 Å². The van der Waals surface area contributed by atoms with Crippen LogP contribution < -0.4 is 14.8 Å². The minimum absolute atomic E-state index is 0.289. The van der Waals surface area contributed by atoms with Crippen LogP contribution in [0.1, 0.15) is 5.69 Å². The first-order valence-corrected chi connectivity index (χ1v) is 7.13. The van der Waals surface area contributed by atoms with E-state index in [4.69, 9.17) is 0 Å². The Morgan fingerprint density at radius 1 is 1.14 bits per heavy atom. The molecule has 0 saturated carbocycles.